The summed E-state index contributed by atoms with van der Waals surface area (Å²) in [6.07, 6.45) is 1.41. The van der Waals surface area contributed by atoms with Crippen LogP contribution in [0.1, 0.15) is 12.0 Å². The van der Waals surface area contributed by atoms with E-state index in [1.165, 1.54) is 36.3 Å². The molecule has 0 spiro atoms. The molecule has 1 aliphatic rings. The Morgan fingerprint density at radius 3 is 2.91 bits per heavy atom. The molecule has 8 heteroatoms. The highest BCUT2D eigenvalue weighted by Crippen LogP contribution is 2.34. The fraction of sp³-hybridized carbons (Fsp3) is 0.214. The third-order valence-corrected chi connectivity index (χ3v) is 4.62. The van der Waals surface area contributed by atoms with Gasteiger partial charge in [0.05, 0.1) is 23.5 Å². The van der Waals surface area contributed by atoms with Crippen LogP contribution < -0.4 is 0 Å². The van der Waals surface area contributed by atoms with Gasteiger partial charge in [-0.05, 0) is 18.2 Å². The summed E-state index contributed by atoms with van der Waals surface area (Å²) in [5, 5.41) is 0.208. The fourth-order valence-electron chi connectivity index (χ4n) is 1.78. The van der Waals surface area contributed by atoms with E-state index in [1.54, 1.807) is 0 Å². The summed E-state index contributed by atoms with van der Waals surface area (Å²) in [5.74, 6) is -1.33. The molecular formula is C14H11ClFNO3S2. The van der Waals surface area contributed by atoms with Crippen molar-refractivity contribution in [1.29, 1.82) is 0 Å². The molecule has 0 bridgehead atoms. The Bertz CT molecular complexity index is 658. The molecular weight excluding hydrogens is 349 g/mol. The van der Waals surface area contributed by atoms with E-state index < -0.39 is 11.8 Å². The van der Waals surface area contributed by atoms with Gasteiger partial charge in [-0.25, -0.2) is 4.39 Å². The second-order valence-corrected chi connectivity index (χ2v) is 6.38. The van der Waals surface area contributed by atoms with Crippen LogP contribution in [-0.4, -0.2) is 34.8 Å². The fourth-order valence-corrected chi connectivity index (χ4v) is 3.29. The first-order chi connectivity index (χ1) is 10.4. The predicted octanol–water partition coefficient (Wildman–Crippen LogP) is 3.24. The van der Waals surface area contributed by atoms with Gasteiger partial charge in [-0.3, -0.25) is 14.5 Å². The number of thiocarbonyl (C=S) groups is 1. The van der Waals surface area contributed by atoms with Crippen molar-refractivity contribution in [2.45, 2.75) is 6.42 Å². The van der Waals surface area contributed by atoms with Crippen LogP contribution >= 0.6 is 35.6 Å². The van der Waals surface area contributed by atoms with Crippen LogP contribution in [-0.2, 0) is 14.3 Å². The number of ether oxygens (including phenoxy) is 1. The Balaban J connectivity index is 2.21. The summed E-state index contributed by atoms with van der Waals surface area (Å²) in [6, 6.07) is 4.28. The molecule has 1 amide bonds. The zero-order valence-corrected chi connectivity index (χ0v) is 13.9. The maximum Gasteiger partial charge on any atom is 0.307 e. The van der Waals surface area contributed by atoms with E-state index in [0.717, 1.165) is 11.8 Å². The van der Waals surface area contributed by atoms with Crippen LogP contribution in [0.2, 0.25) is 5.02 Å². The molecule has 2 rings (SSSR count). The minimum Gasteiger partial charge on any atom is -0.469 e. The predicted molar refractivity (Wildman–Crippen MR) is 87.9 cm³/mol. The molecule has 0 atom stereocenters. The van der Waals surface area contributed by atoms with Gasteiger partial charge in [0, 0.05) is 12.1 Å². The summed E-state index contributed by atoms with van der Waals surface area (Å²) >= 11 is 12.1. The highest BCUT2D eigenvalue weighted by molar-refractivity contribution is 8.26. The van der Waals surface area contributed by atoms with Gasteiger partial charge in [0.25, 0.3) is 5.91 Å². The zero-order valence-electron chi connectivity index (χ0n) is 11.5. The number of nitrogens with zero attached hydrogens (tertiary/aromatic N) is 1. The van der Waals surface area contributed by atoms with Gasteiger partial charge < -0.3 is 4.74 Å². The van der Waals surface area contributed by atoms with E-state index in [2.05, 4.69) is 4.74 Å². The number of benzene rings is 1. The van der Waals surface area contributed by atoms with Crippen LogP contribution in [0.3, 0.4) is 0 Å². The van der Waals surface area contributed by atoms with Gasteiger partial charge in [0.2, 0.25) is 0 Å². The van der Waals surface area contributed by atoms with Crippen molar-refractivity contribution >= 4 is 57.9 Å². The molecule has 0 aliphatic carbocycles. The van der Waals surface area contributed by atoms with Crippen molar-refractivity contribution in [3.8, 4) is 0 Å². The van der Waals surface area contributed by atoms with Crippen molar-refractivity contribution in [1.82, 2.24) is 4.90 Å². The van der Waals surface area contributed by atoms with Gasteiger partial charge in [-0.1, -0.05) is 41.6 Å². The van der Waals surface area contributed by atoms with Crippen LogP contribution in [0.15, 0.2) is 23.1 Å². The number of thioether (sulfide) groups is 1. The number of hydrogen-bond donors (Lipinski definition) is 0. The standard InChI is InChI=1S/C14H11ClFNO3S2/c1-20-12(18)5-6-17-13(19)11(22-14(17)21)7-8-9(15)3-2-4-10(8)16/h2-4,7H,5-6H2,1H3/b11-7+. The van der Waals surface area contributed by atoms with Crippen LogP contribution in [0.5, 0.6) is 0 Å². The summed E-state index contributed by atoms with van der Waals surface area (Å²) in [7, 11) is 1.27. The van der Waals surface area contributed by atoms with E-state index >= 15 is 0 Å². The van der Waals surface area contributed by atoms with Crippen molar-refractivity contribution in [2.75, 3.05) is 13.7 Å². The number of halogens is 2. The Morgan fingerprint density at radius 1 is 1.55 bits per heavy atom. The number of amides is 1. The number of rotatable bonds is 4. The molecule has 0 N–H and O–H groups in total. The molecule has 1 aromatic carbocycles. The SMILES string of the molecule is COC(=O)CCN1C(=O)/C(=C\c2c(F)cccc2Cl)SC1=S. The lowest BCUT2D eigenvalue weighted by molar-refractivity contribution is -0.140. The molecule has 1 aromatic rings. The lowest BCUT2D eigenvalue weighted by atomic mass is 10.2. The molecule has 22 heavy (non-hydrogen) atoms. The molecule has 0 aromatic heterocycles. The molecule has 116 valence electrons. The summed E-state index contributed by atoms with van der Waals surface area (Å²) in [5.41, 5.74) is 0.137. The van der Waals surface area contributed by atoms with E-state index in [-0.39, 0.29) is 34.4 Å². The quantitative estimate of drug-likeness (QED) is 0.469. The molecule has 0 unspecified atom stereocenters. The van der Waals surface area contributed by atoms with E-state index in [4.69, 9.17) is 23.8 Å². The minimum absolute atomic E-state index is 0.0384. The van der Waals surface area contributed by atoms with Gasteiger partial charge in [0.15, 0.2) is 0 Å². The molecule has 4 nitrogen and oxygen atoms in total. The third-order valence-electron chi connectivity index (χ3n) is 2.92. The molecule has 1 heterocycles. The van der Waals surface area contributed by atoms with Gasteiger partial charge >= 0.3 is 5.97 Å². The Hall–Kier alpha value is -1.44. The monoisotopic (exact) mass is 359 g/mol. The first-order valence-corrected chi connectivity index (χ1v) is 7.80. The van der Waals surface area contributed by atoms with Gasteiger partial charge in [-0.15, -0.1) is 0 Å². The number of methoxy groups -OCH3 is 1. The largest absolute Gasteiger partial charge is 0.469 e. The van der Waals surface area contributed by atoms with Crippen molar-refractivity contribution in [3.05, 3.63) is 39.5 Å². The van der Waals surface area contributed by atoms with Gasteiger partial charge in [-0.2, -0.15) is 0 Å². The van der Waals surface area contributed by atoms with E-state index in [9.17, 15) is 14.0 Å². The van der Waals surface area contributed by atoms with Crippen LogP contribution in [0.4, 0.5) is 4.39 Å². The first kappa shape index (κ1) is 16.9. The summed E-state index contributed by atoms with van der Waals surface area (Å²) < 4.78 is 18.6. The average Bonchev–Trinajstić information content (AvgIpc) is 2.75. The molecule has 0 radical (unpaired) electrons. The molecule has 1 fully saturated rings. The smallest absolute Gasteiger partial charge is 0.307 e. The number of carbonyl (C=O) groups excluding carboxylic acids is 2. The first-order valence-electron chi connectivity index (χ1n) is 6.20. The average molecular weight is 360 g/mol. The number of esters is 1. The number of carbonyl (C=O) groups is 2. The maximum absolute atomic E-state index is 13.8. The Labute approximate surface area is 141 Å². The zero-order chi connectivity index (χ0) is 16.3. The molecule has 0 saturated carbocycles. The normalized spacial score (nSPS) is 16.5. The van der Waals surface area contributed by atoms with E-state index in [1.807, 2.05) is 0 Å². The topological polar surface area (TPSA) is 46.6 Å². The van der Waals surface area contributed by atoms with Gasteiger partial charge in [0.1, 0.15) is 10.1 Å². The van der Waals surface area contributed by atoms with Crippen molar-refractivity contribution < 1.29 is 18.7 Å². The van der Waals surface area contributed by atoms with Crippen LogP contribution in [0, 0.1) is 5.82 Å². The second-order valence-electron chi connectivity index (χ2n) is 4.29. The highest BCUT2D eigenvalue weighted by Gasteiger charge is 2.32. The molecule has 1 aliphatic heterocycles. The second kappa shape index (κ2) is 7.21. The minimum atomic E-state index is -0.521. The molecule has 1 saturated heterocycles. The van der Waals surface area contributed by atoms with Crippen molar-refractivity contribution in [3.63, 3.8) is 0 Å². The van der Waals surface area contributed by atoms with E-state index in [0.29, 0.717) is 4.32 Å². The van der Waals surface area contributed by atoms with Crippen molar-refractivity contribution in [2.24, 2.45) is 0 Å². The maximum atomic E-state index is 13.8. The lowest BCUT2D eigenvalue weighted by Gasteiger charge is -2.12. The third kappa shape index (κ3) is 3.66. The lowest BCUT2D eigenvalue weighted by Crippen LogP contribution is -2.30. The summed E-state index contributed by atoms with van der Waals surface area (Å²) in [6.45, 7) is 0.125. The highest BCUT2D eigenvalue weighted by atomic mass is 35.5. The number of hydrogen-bond acceptors (Lipinski definition) is 5. The van der Waals surface area contributed by atoms with Crippen LogP contribution in [0.25, 0.3) is 6.08 Å². The Kier molecular flexibility index (Phi) is 5.55. The summed E-state index contributed by atoms with van der Waals surface area (Å²) in [4.78, 5) is 25.0. The Morgan fingerprint density at radius 2 is 2.27 bits per heavy atom.